The molecule has 176 valence electrons. The van der Waals surface area contributed by atoms with Crippen molar-refractivity contribution >= 4 is 27.2 Å². The third-order valence-corrected chi connectivity index (χ3v) is 10.7. The fourth-order valence-electron chi connectivity index (χ4n) is 4.90. The van der Waals surface area contributed by atoms with Crippen LogP contribution in [-0.4, -0.2) is 43.0 Å². The van der Waals surface area contributed by atoms with Gasteiger partial charge in [-0.2, -0.15) is 0 Å². The summed E-state index contributed by atoms with van der Waals surface area (Å²) >= 11 is 0. The van der Waals surface area contributed by atoms with Gasteiger partial charge >= 0.3 is 5.97 Å². The molecule has 3 heterocycles. The summed E-state index contributed by atoms with van der Waals surface area (Å²) in [6, 6.07) is 2.66. The van der Waals surface area contributed by atoms with Crippen LogP contribution in [0, 0.1) is 11.2 Å². The zero-order chi connectivity index (χ0) is 23.7. The molecular formula is C23H33FN4O3S. The van der Waals surface area contributed by atoms with Crippen LogP contribution < -0.4 is 5.73 Å². The highest BCUT2D eigenvalue weighted by atomic mass is 32.2. The molecule has 3 aliphatic rings. The quantitative estimate of drug-likeness (QED) is 0.680. The number of carbonyl (C=O) groups excluding carboxylic acids is 1. The molecule has 0 saturated heterocycles. The largest absolute Gasteiger partial charge is 0.460 e. The Labute approximate surface area is 189 Å². The maximum Gasteiger partial charge on any atom is 0.312 e. The number of aliphatic imine (C=N–C) groups is 1. The van der Waals surface area contributed by atoms with E-state index >= 15 is 4.39 Å². The SMILES string of the molecule is CC(C)(C)OC(=O)CC1=N[C@](C)(c2nc(N)ccc2F)[C@H]2CC3(CC3)CN=[S@]2(=O)C1(C)C. The van der Waals surface area contributed by atoms with E-state index in [0.717, 1.165) is 12.8 Å². The highest BCUT2D eigenvalue weighted by molar-refractivity contribution is 7.96. The molecule has 0 unspecified atom stereocenters. The smallest absolute Gasteiger partial charge is 0.312 e. The average Bonchev–Trinajstić information content (AvgIpc) is 3.42. The number of nitrogen functional groups attached to an aromatic ring is 1. The third-order valence-electron chi connectivity index (χ3n) is 7.05. The number of fused-ring (bicyclic) bond motifs is 1. The standard InChI is InChI=1S/C23H33FN4O3S/c1-20(2,3)31-18(29)11-15-21(4,5)32(30)16(12-23(9-10-23)13-26-32)22(6,28-15)19-14(24)7-8-17(25)27-19/h7-8,16H,9-13H2,1-6H3,(H2,25,27)/t16-,22+,32-/m1/s1. The number of anilines is 1. The van der Waals surface area contributed by atoms with Gasteiger partial charge in [-0.05, 0) is 78.4 Å². The molecule has 1 spiro atoms. The Morgan fingerprint density at radius 1 is 1.28 bits per heavy atom. The van der Waals surface area contributed by atoms with Gasteiger partial charge in [-0.15, -0.1) is 0 Å². The van der Waals surface area contributed by atoms with E-state index in [4.69, 9.17) is 19.8 Å². The van der Waals surface area contributed by atoms with Gasteiger partial charge in [0.25, 0.3) is 0 Å². The van der Waals surface area contributed by atoms with Crippen LogP contribution in [-0.2, 0) is 24.8 Å². The number of ether oxygens (including phenoxy) is 1. The summed E-state index contributed by atoms with van der Waals surface area (Å²) < 4.78 is 39.0. The van der Waals surface area contributed by atoms with Gasteiger partial charge in [0, 0.05) is 5.71 Å². The minimum atomic E-state index is -2.93. The van der Waals surface area contributed by atoms with Crippen molar-refractivity contribution in [3.05, 3.63) is 23.6 Å². The van der Waals surface area contributed by atoms with Gasteiger partial charge in [-0.1, -0.05) is 0 Å². The van der Waals surface area contributed by atoms with Crippen molar-refractivity contribution < 1.29 is 18.1 Å². The molecule has 1 fully saturated rings. The van der Waals surface area contributed by atoms with Crippen molar-refractivity contribution in [1.29, 1.82) is 0 Å². The van der Waals surface area contributed by atoms with Crippen LogP contribution in [0.25, 0.3) is 0 Å². The van der Waals surface area contributed by atoms with Gasteiger partial charge in [0.1, 0.15) is 28.5 Å². The fraction of sp³-hybridized carbons (Fsp3) is 0.696. The number of carbonyl (C=O) groups is 1. The first kappa shape index (κ1) is 23.1. The number of hydrogen-bond acceptors (Lipinski definition) is 7. The minimum Gasteiger partial charge on any atom is -0.460 e. The van der Waals surface area contributed by atoms with Crippen molar-refractivity contribution in [2.75, 3.05) is 12.3 Å². The molecule has 1 saturated carbocycles. The second-order valence-corrected chi connectivity index (χ2v) is 14.1. The van der Waals surface area contributed by atoms with Crippen molar-refractivity contribution in [2.45, 2.75) is 88.4 Å². The molecule has 0 aromatic carbocycles. The van der Waals surface area contributed by atoms with E-state index in [1.165, 1.54) is 12.1 Å². The predicted octanol–water partition coefficient (Wildman–Crippen LogP) is 4.00. The van der Waals surface area contributed by atoms with E-state index in [1.54, 1.807) is 27.7 Å². The van der Waals surface area contributed by atoms with Gasteiger partial charge in [-0.3, -0.25) is 9.79 Å². The van der Waals surface area contributed by atoms with Gasteiger partial charge in [0.2, 0.25) is 0 Å². The van der Waals surface area contributed by atoms with Crippen molar-refractivity contribution in [3.63, 3.8) is 0 Å². The Hall–Kier alpha value is -2.03. The summed E-state index contributed by atoms with van der Waals surface area (Å²) in [5.74, 6) is -0.862. The molecule has 0 radical (unpaired) electrons. The zero-order valence-corrected chi connectivity index (χ0v) is 20.5. The van der Waals surface area contributed by atoms with Crippen molar-refractivity contribution in [2.24, 2.45) is 14.8 Å². The molecule has 2 aliphatic heterocycles. The first-order valence-electron chi connectivity index (χ1n) is 11.1. The fourth-order valence-corrected chi connectivity index (χ4v) is 8.40. The lowest BCUT2D eigenvalue weighted by Gasteiger charge is -2.50. The first-order valence-corrected chi connectivity index (χ1v) is 12.6. The lowest BCUT2D eigenvalue weighted by atomic mass is 9.84. The number of hydrogen-bond donors (Lipinski definition) is 1. The van der Waals surface area contributed by atoms with Gasteiger partial charge in [0.15, 0.2) is 0 Å². The van der Waals surface area contributed by atoms with E-state index in [0.29, 0.717) is 18.7 Å². The monoisotopic (exact) mass is 464 g/mol. The lowest BCUT2D eigenvalue weighted by molar-refractivity contribution is -0.153. The zero-order valence-electron chi connectivity index (χ0n) is 19.7. The average molecular weight is 465 g/mol. The molecule has 9 heteroatoms. The maximum atomic E-state index is 15.1. The number of nitrogens with zero attached hydrogens (tertiary/aromatic N) is 3. The second-order valence-electron chi connectivity index (χ2n) is 11.1. The maximum absolute atomic E-state index is 15.1. The molecular weight excluding hydrogens is 431 g/mol. The van der Waals surface area contributed by atoms with Crippen molar-refractivity contribution in [3.8, 4) is 0 Å². The van der Waals surface area contributed by atoms with E-state index in [1.807, 2.05) is 13.8 Å². The molecule has 7 nitrogen and oxygen atoms in total. The Balaban J connectivity index is 1.90. The normalized spacial score (nSPS) is 32.5. The molecule has 4 rings (SSSR count). The Morgan fingerprint density at radius 2 is 1.94 bits per heavy atom. The highest BCUT2D eigenvalue weighted by Gasteiger charge is 2.62. The molecule has 0 bridgehead atoms. The number of rotatable bonds is 3. The van der Waals surface area contributed by atoms with Gasteiger partial charge < -0.3 is 10.5 Å². The molecule has 0 amide bonds. The van der Waals surface area contributed by atoms with Crippen LogP contribution in [0.2, 0.25) is 0 Å². The van der Waals surface area contributed by atoms with Crippen LogP contribution in [0.1, 0.15) is 72.9 Å². The molecule has 1 aromatic rings. The number of halogens is 1. The van der Waals surface area contributed by atoms with E-state index < -0.39 is 42.7 Å². The molecule has 3 atom stereocenters. The summed E-state index contributed by atoms with van der Waals surface area (Å²) in [5, 5.41) is -0.535. The van der Waals surface area contributed by atoms with E-state index in [-0.39, 0.29) is 23.3 Å². The van der Waals surface area contributed by atoms with Gasteiger partial charge in [0.05, 0.1) is 32.7 Å². The Morgan fingerprint density at radius 3 is 2.53 bits per heavy atom. The molecule has 1 aliphatic carbocycles. The number of esters is 1. The van der Waals surface area contributed by atoms with Crippen LogP contribution >= 0.6 is 0 Å². The van der Waals surface area contributed by atoms with Crippen LogP contribution in [0.5, 0.6) is 0 Å². The van der Waals surface area contributed by atoms with Crippen LogP contribution in [0.4, 0.5) is 10.2 Å². The molecule has 2 N–H and O–H groups in total. The minimum absolute atomic E-state index is 0.0118. The van der Waals surface area contributed by atoms with Crippen LogP contribution in [0.3, 0.4) is 0 Å². The first-order chi connectivity index (χ1) is 14.6. The lowest BCUT2D eigenvalue weighted by Crippen LogP contribution is -2.60. The number of aromatic nitrogens is 1. The summed E-state index contributed by atoms with van der Waals surface area (Å²) in [4.78, 5) is 22.0. The van der Waals surface area contributed by atoms with Gasteiger partial charge in [-0.25, -0.2) is 17.9 Å². The predicted molar refractivity (Wildman–Crippen MR) is 123 cm³/mol. The third kappa shape index (κ3) is 3.62. The summed E-state index contributed by atoms with van der Waals surface area (Å²) in [7, 11) is -2.93. The Kier molecular flexibility index (Phi) is 5.05. The summed E-state index contributed by atoms with van der Waals surface area (Å²) in [6.45, 7) is 11.3. The van der Waals surface area contributed by atoms with Crippen molar-refractivity contribution in [1.82, 2.24) is 4.98 Å². The Bertz CT molecular complexity index is 1130. The molecule has 32 heavy (non-hydrogen) atoms. The van der Waals surface area contributed by atoms with E-state index in [9.17, 15) is 9.00 Å². The summed E-state index contributed by atoms with van der Waals surface area (Å²) in [5.41, 5.74) is 4.44. The number of pyridine rings is 1. The summed E-state index contributed by atoms with van der Waals surface area (Å²) in [6.07, 6.45) is 2.52. The molecule has 1 aromatic heterocycles. The van der Waals surface area contributed by atoms with E-state index in [2.05, 4.69) is 4.98 Å². The number of nitrogens with two attached hydrogens (primary N) is 1. The van der Waals surface area contributed by atoms with Crippen LogP contribution in [0.15, 0.2) is 21.5 Å². The second kappa shape index (κ2) is 6.98. The highest BCUT2D eigenvalue weighted by Crippen LogP contribution is 2.59. The topological polar surface area (TPSA) is 107 Å².